The molecule has 1 aliphatic rings. The molecule has 0 atom stereocenters. The second-order valence-electron chi connectivity index (χ2n) is 5.44. The zero-order valence-corrected chi connectivity index (χ0v) is 13.4. The molecule has 0 saturated carbocycles. The normalized spacial score (nSPS) is 13.1. The van der Waals surface area contributed by atoms with E-state index < -0.39 is 4.92 Å². The third-order valence-electron chi connectivity index (χ3n) is 4.00. The van der Waals surface area contributed by atoms with Crippen LogP contribution in [0.5, 0.6) is 0 Å². The van der Waals surface area contributed by atoms with Crippen LogP contribution in [0.4, 0.5) is 17.3 Å². The van der Waals surface area contributed by atoms with E-state index in [4.69, 9.17) is 12.2 Å². The zero-order valence-electron chi connectivity index (χ0n) is 12.5. The fourth-order valence-electron chi connectivity index (χ4n) is 2.84. The Morgan fingerprint density at radius 3 is 2.67 bits per heavy atom. The molecule has 0 aliphatic carbocycles. The van der Waals surface area contributed by atoms with Crippen LogP contribution < -0.4 is 10.2 Å². The van der Waals surface area contributed by atoms with E-state index in [0.717, 1.165) is 30.1 Å². The number of anilines is 2. The molecule has 2 aromatic carbocycles. The molecule has 1 aromatic heterocycles. The zero-order chi connectivity index (χ0) is 16.7. The summed E-state index contributed by atoms with van der Waals surface area (Å²) in [6, 6.07) is 14.2. The third kappa shape index (κ3) is 2.37. The highest BCUT2D eigenvalue weighted by atomic mass is 32.1. The topological polar surface area (TPSA) is 76.2 Å². The van der Waals surface area contributed by atoms with Crippen LogP contribution in [0, 0.1) is 10.1 Å². The summed E-state index contributed by atoms with van der Waals surface area (Å²) in [5, 5.41) is 14.3. The summed E-state index contributed by atoms with van der Waals surface area (Å²) in [5.74, 6) is 0.815. The highest BCUT2D eigenvalue weighted by Gasteiger charge is 2.26. The number of nitro benzene ring substituents is 1. The van der Waals surface area contributed by atoms with Crippen molar-refractivity contribution >= 4 is 45.7 Å². The van der Waals surface area contributed by atoms with Gasteiger partial charge >= 0.3 is 0 Å². The molecule has 8 heteroatoms. The van der Waals surface area contributed by atoms with Crippen LogP contribution in [-0.4, -0.2) is 26.1 Å². The van der Waals surface area contributed by atoms with Crippen LogP contribution in [0.3, 0.4) is 0 Å². The number of nitrogens with one attached hydrogen (secondary N) is 1. The number of hydrogen-bond donors (Lipinski definition) is 1. The Kier molecular flexibility index (Phi) is 3.39. The van der Waals surface area contributed by atoms with Gasteiger partial charge < -0.3 is 9.88 Å². The van der Waals surface area contributed by atoms with E-state index in [2.05, 4.69) is 14.9 Å². The smallest absolute Gasteiger partial charge is 0.269 e. The van der Waals surface area contributed by atoms with Gasteiger partial charge in [0.15, 0.2) is 5.11 Å². The average Bonchev–Trinajstić information content (AvgIpc) is 3.14. The number of non-ortho nitro benzene ring substituents is 1. The average molecular weight is 339 g/mol. The fourth-order valence-corrected chi connectivity index (χ4v) is 3.13. The summed E-state index contributed by atoms with van der Waals surface area (Å²) < 4.78 is 2.14. The Morgan fingerprint density at radius 2 is 1.92 bits per heavy atom. The summed E-state index contributed by atoms with van der Waals surface area (Å²) in [5.41, 5.74) is 2.79. The van der Waals surface area contributed by atoms with Crippen molar-refractivity contribution in [1.29, 1.82) is 0 Å². The molecule has 0 fully saturated rings. The van der Waals surface area contributed by atoms with Gasteiger partial charge in [0.1, 0.15) is 0 Å². The van der Waals surface area contributed by atoms with Crippen molar-refractivity contribution in [2.75, 3.05) is 16.8 Å². The first-order chi connectivity index (χ1) is 11.6. The molecule has 0 bridgehead atoms. The fraction of sp³-hybridized carbons (Fsp3) is 0.125. The minimum Gasteiger partial charge on any atom is -0.332 e. The molecule has 24 heavy (non-hydrogen) atoms. The molecule has 4 rings (SSSR count). The van der Waals surface area contributed by atoms with E-state index in [1.54, 1.807) is 12.1 Å². The van der Waals surface area contributed by atoms with Crippen LogP contribution >= 0.6 is 12.2 Å². The molecular weight excluding hydrogens is 326 g/mol. The molecule has 120 valence electrons. The van der Waals surface area contributed by atoms with Gasteiger partial charge in [-0.3, -0.25) is 15.0 Å². The molecule has 3 aromatic rings. The van der Waals surface area contributed by atoms with E-state index in [1.165, 1.54) is 12.1 Å². The first-order valence-electron chi connectivity index (χ1n) is 7.42. The van der Waals surface area contributed by atoms with Gasteiger partial charge in [-0.25, -0.2) is 4.98 Å². The predicted molar refractivity (Wildman–Crippen MR) is 96.4 cm³/mol. The van der Waals surface area contributed by atoms with Gasteiger partial charge in [0.2, 0.25) is 5.95 Å². The predicted octanol–water partition coefficient (Wildman–Crippen LogP) is 3.16. The molecular formula is C16H13N5O2S. The molecule has 0 radical (unpaired) electrons. The van der Waals surface area contributed by atoms with Crippen molar-refractivity contribution in [3.8, 4) is 0 Å². The largest absolute Gasteiger partial charge is 0.332 e. The maximum atomic E-state index is 10.7. The minimum absolute atomic E-state index is 0.0504. The van der Waals surface area contributed by atoms with Gasteiger partial charge in [-0.1, -0.05) is 12.1 Å². The Hall–Kier alpha value is -3.00. The highest BCUT2D eigenvalue weighted by molar-refractivity contribution is 7.80. The number of thiocarbonyl (C=S) groups is 1. The van der Waals surface area contributed by atoms with Crippen molar-refractivity contribution in [3.05, 3.63) is 58.6 Å². The number of nitrogens with zero attached hydrogens (tertiary/aromatic N) is 4. The van der Waals surface area contributed by atoms with Gasteiger partial charge in [-0.2, -0.15) is 0 Å². The van der Waals surface area contributed by atoms with Crippen molar-refractivity contribution in [2.24, 2.45) is 0 Å². The second-order valence-corrected chi connectivity index (χ2v) is 5.82. The number of aromatic nitrogens is 2. The van der Waals surface area contributed by atoms with Gasteiger partial charge in [0.25, 0.3) is 5.69 Å². The lowest BCUT2D eigenvalue weighted by atomic mass is 10.3. The third-order valence-corrected chi connectivity index (χ3v) is 4.32. The Labute approximate surface area is 142 Å². The number of benzene rings is 2. The first kappa shape index (κ1) is 14.6. The SMILES string of the molecule is O=[N+]([O-])c1ccc(NC(=S)N2CCn3c2nc2ccccc23)cc1. The lowest BCUT2D eigenvalue weighted by Crippen LogP contribution is -2.33. The molecule has 0 saturated heterocycles. The van der Waals surface area contributed by atoms with Gasteiger partial charge in [0.05, 0.1) is 16.0 Å². The maximum absolute atomic E-state index is 10.7. The lowest BCUT2D eigenvalue weighted by Gasteiger charge is -2.18. The number of hydrogen-bond acceptors (Lipinski definition) is 4. The van der Waals surface area contributed by atoms with Crippen LogP contribution in [0.25, 0.3) is 11.0 Å². The van der Waals surface area contributed by atoms with E-state index in [9.17, 15) is 10.1 Å². The maximum Gasteiger partial charge on any atom is 0.269 e. The van der Waals surface area contributed by atoms with E-state index >= 15 is 0 Å². The monoisotopic (exact) mass is 339 g/mol. The minimum atomic E-state index is -0.426. The molecule has 0 unspecified atom stereocenters. The highest BCUT2D eigenvalue weighted by Crippen LogP contribution is 2.27. The molecule has 1 N–H and O–H groups in total. The Balaban J connectivity index is 1.57. The van der Waals surface area contributed by atoms with Gasteiger partial charge in [-0.05, 0) is 36.5 Å². The van der Waals surface area contributed by atoms with Gasteiger partial charge in [0, 0.05) is 30.9 Å². The summed E-state index contributed by atoms with van der Waals surface area (Å²) in [6.45, 7) is 1.56. The van der Waals surface area contributed by atoms with Crippen LogP contribution in [0.15, 0.2) is 48.5 Å². The number of imidazole rings is 1. The molecule has 0 amide bonds. The summed E-state index contributed by atoms with van der Waals surface area (Å²) in [7, 11) is 0. The molecule has 2 heterocycles. The van der Waals surface area contributed by atoms with Crippen LogP contribution in [0.2, 0.25) is 0 Å². The number of fused-ring (bicyclic) bond motifs is 3. The lowest BCUT2D eigenvalue weighted by molar-refractivity contribution is -0.384. The quantitative estimate of drug-likeness (QED) is 0.439. The number of rotatable bonds is 2. The van der Waals surface area contributed by atoms with Crippen LogP contribution in [0.1, 0.15) is 0 Å². The Bertz CT molecular complexity index is 951. The van der Waals surface area contributed by atoms with Crippen molar-refractivity contribution in [3.63, 3.8) is 0 Å². The Morgan fingerprint density at radius 1 is 1.17 bits per heavy atom. The molecule has 1 aliphatic heterocycles. The second kappa shape index (κ2) is 5.57. The molecule has 0 spiro atoms. The van der Waals surface area contributed by atoms with Crippen molar-refractivity contribution in [1.82, 2.24) is 9.55 Å². The summed E-state index contributed by atoms with van der Waals surface area (Å²) >= 11 is 5.49. The standard InChI is InChI=1S/C16H13N5O2S/c22-21(23)12-7-5-11(6-8-12)17-16(24)20-10-9-19-14-4-2-1-3-13(14)18-15(19)20/h1-8H,9-10H2,(H,17,24). The van der Waals surface area contributed by atoms with Gasteiger partial charge in [-0.15, -0.1) is 0 Å². The number of nitro groups is 1. The number of para-hydroxylation sites is 2. The van der Waals surface area contributed by atoms with E-state index in [1.807, 2.05) is 29.2 Å². The van der Waals surface area contributed by atoms with E-state index in [-0.39, 0.29) is 5.69 Å². The van der Waals surface area contributed by atoms with Crippen LogP contribution in [-0.2, 0) is 6.54 Å². The van der Waals surface area contributed by atoms with Crippen molar-refractivity contribution in [2.45, 2.75) is 6.54 Å². The summed E-state index contributed by atoms with van der Waals surface area (Å²) in [4.78, 5) is 16.9. The van der Waals surface area contributed by atoms with E-state index in [0.29, 0.717) is 10.8 Å². The summed E-state index contributed by atoms with van der Waals surface area (Å²) in [6.07, 6.45) is 0. The van der Waals surface area contributed by atoms with Crippen molar-refractivity contribution < 1.29 is 4.92 Å². The first-order valence-corrected chi connectivity index (χ1v) is 7.82. The molecule has 7 nitrogen and oxygen atoms in total.